The fourth-order valence-electron chi connectivity index (χ4n) is 5.06. The Morgan fingerprint density at radius 1 is 0.963 bits per heavy atom. The lowest BCUT2D eigenvalue weighted by atomic mass is 9.85. The van der Waals surface area contributed by atoms with Gasteiger partial charge < -0.3 is 4.90 Å². The molecule has 3 aliphatic heterocycles. The molecule has 0 amide bonds. The number of hydrogen-bond donors (Lipinski definition) is 0. The molecule has 142 valence electrons. The predicted molar refractivity (Wildman–Crippen MR) is 118 cm³/mol. The maximum absolute atomic E-state index is 6.38. The minimum absolute atomic E-state index is 0.412. The Hall–Kier alpha value is -0.610. The first-order chi connectivity index (χ1) is 13.3. The highest BCUT2D eigenvalue weighted by Gasteiger charge is 2.34. The van der Waals surface area contributed by atoms with E-state index in [2.05, 4.69) is 53.1 Å². The van der Waals surface area contributed by atoms with E-state index in [4.69, 9.17) is 11.6 Å². The largest absolute Gasteiger partial charge is 0.300 e. The second-order valence-electron chi connectivity index (χ2n) is 8.04. The van der Waals surface area contributed by atoms with Crippen LogP contribution in [0.25, 0.3) is 0 Å². The Labute approximate surface area is 176 Å². The lowest BCUT2D eigenvalue weighted by molar-refractivity contribution is 0.0693. The van der Waals surface area contributed by atoms with E-state index in [0.717, 1.165) is 17.0 Å². The molecule has 4 heteroatoms. The van der Waals surface area contributed by atoms with Crippen LogP contribution in [0.1, 0.15) is 48.5 Å². The van der Waals surface area contributed by atoms with Crippen molar-refractivity contribution in [3.63, 3.8) is 0 Å². The summed E-state index contributed by atoms with van der Waals surface area (Å²) in [5, 5.41) is 1.27. The molecule has 3 heterocycles. The van der Waals surface area contributed by atoms with Crippen molar-refractivity contribution < 1.29 is 0 Å². The Balaban J connectivity index is 1.40. The lowest BCUT2D eigenvalue weighted by Crippen LogP contribution is -2.48. The number of nitrogens with zero attached hydrogens (tertiary/aromatic N) is 1. The van der Waals surface area contributed by atoms with Gasteiger partial charge in [-0.2, -0.15) is 0 Å². The van der Waals surface area contributed by atoms with E-state index < -0.39 is 0 Å². The van der Waals surface area contributed by atoms with Gasteiger partial charge in [0, 0.05) is 20.9 Å². The third-order valence-electron chi connectivity index (χ3n) is 6.38. The molecule has 0 aliphatic carbocycles. The fourth-order valence-corrected chi connectivity index (χ4v) is 8.10. The van der Waals surface area contributed by atoms with Gasteiger partial charge in [0.25, 0.3) is 0 Å². The molecule has 0 bridgehead atoms. The molecule has 27 heavy (non-hydrogen) atoms. The lowest BCUT2D eigenvalue weighted by Gasteiger charge is -2.44. The van der Waals surface area contributed by atoms with Gasteiger partial charge >= 0.3 is 0 Å². The highest BCUT2D eigenvalue weighted by Crippen LogP contribution is 2.51. The molecule has 1 unspecified atom stereocenters. The standard InChI is InChI=1S/C23H26ClNS2/c24-17-10-11-22-19(14-17)23(18-7-1-2-9-21(18)27-22)26-15-16-6-5-13-25-12-4-3-8-20(16)25/h1-2,7,9-11,14,16,20,23H,3-6,8,12-13,15H2/t16-,20+,23?/m0/s1. The molecule has 0 N–H and O–H groups in total. The number of rotatable bonds is 3. The van der Waals surface area contributed by atoms with Gasteiger partial charge in [-0.25, -0.2) is 0 Å². The maximum atomic E-state index is 6.38. The zero-order valence-corrected chi connectivity index (χ0v) is 18.0. The van der Waals surface area contributed by atoms with Gasteiger partial charge in [-0.15, -0.1) is 11.8 Å². The molecule has 0 saturated carbocycles. The van der Waals surface area contributed by atoms with Crippen LogP contribution in [-0.4, -0.2) is 29.8 Å². The molecular formula is C23H26ClNS2. The van der Waals surface area contributed by atoms with E-state index in [-0.39, 0.29) is 0 Å². The van der Waals surface area contributed by atoms with E-state index in [0.29, 0.717) is 5.25 Å². The second-order valence-corrected chi connectivity index (χ2v) is 10.7. The number of halogens is 1. The summed E-state index contributed by atoms with van der Waals surface area (Å²) in [4.78, 5) is 5.57. The van der Waals surface area contributed by atoms with Gasteiger partial charge in [0.2, 0.25) is 0 Å². The monoisotopic (exact) mass is 415 g/mol. The van der Waals surface area contributed by atoms with Crippen LogP contribution >= 0.6 is 35.1 Å². The zero-order valence-electron chi connectivity index (χ0n) is 15.6. The highest BCUT2D eigenvalue weighted by atomic mass is 35.5. The third-order valence-corrected chi connectivity index (χ3v) is 9.26. The van der Waals surface area contributed by atoms with Gasteiger partial charge in [-0.3, -0.25) is 0 Å². The van der Waals surface area contributed by atoms with E-state index >= 15 is 0 Å². The number of thioether (sulfide) groups is 1. The molecular weight excluding hydrogens is 390 g/mol. The summed E-state index contributed by atoms with van der Waals surface area (Å²) >= 11 is 10.4. The first-order valence-corrected chi connectivity index (χ1v) is 12.5. The van der Waals surface area contributed by atoms with Crippen LogP contribution in [0, 0.1) is 5.92 Å². The van der Waals surface area contributed by atoms with E-state index in [1.165, 1.54) is 71.9 Å². The average Bonchev–Trinajstić information content (AvgIpc) is 2.71. The van der Waals surface area contributed by atoms with Gasteiger partial charge in [-0.05, 0) is 85.8 Å². The predicted octanol–water partition coefficient (Wildman–Crippen LogP) is 6.89. The Kier molecular flexibility index (Phi) is 5.47. The normalized spacial score (nSPS) is 27.5. The highest BCUT2D eigenvalue weighted by molar-refractivity contribution is 8.01. The van der Waals surface area contributed by atoms with E-state index in [1.807, 2.05) is 17.8 Å². The number of piperidine rings is 2. The van der Waals surface area contributed by atoms with Crippen LogP contribution in [0.2, 0.25) is 5.02 Å². The summed E-state index contributed by atoms with van der Waals surface area (Å²) in [7, 11) is 0. The van der Waals surface area contributed by atoms with Gasteiger partial charge in [0.1, 0.15) is 0 Å². The molecule has 0 spiro atoms. The van der Waals surface area contributed by atoms with Crippen LogP contribution in [0.5, 0.6) is 0 Å². The molecule has 2 aromatic carbocycles. The topological polar surface area (TPSA) is 3.24 Å². The quantitative estimate of drug-likeness (QED) is 0.537. The number of benzene rings is 2. The zero-order chi connectivity index (χ0) is 18.2. The summed E-state index contributed by atoms with van der Waals surface area (Å²) in [6, 6.07) is 16.2. The molecule has 2 saturated heterocycles. The molecule has 1 nitrogen and oxygen atoms in total. The van der Waals surface area contributed by atoms with Crippen LogP contribution < -0.4 is 0 Å². The summed E-state index contributed by atoms with van der Waals surface area (Å²) in [5.74, 6) is 2.10. The second kappa shape index (κ2) is 8.02. The Morgan fingerprint density at radius 3 is 2.78 bits per heavy atom. The Bertz CT molecular complexity index is 822. The van der Waals surface area contributed by atoms with Crippen LogP contribution in [0.3, 0.4) is 0 Å². The minimum Gasteiger partial charge on any atom is -0.300 e. The summed E-state index contributed by atoms with van der Waals surface area (Å²) in [6.07, 6.45) is 7.00. The Morgan fingerprint density at radius 2 is 1.81 bits per heavy atom. The molecule has 2 aromatic rings. The summed E-state index contributed by atoms with van der Waals surface area (Å²) in [5.41, 5.74) is 2.88. The van der Waals surface area contributed by atoms with Crippen LogP contribution in [-0.2, 0) is 0 Å². The van der Waals surface area contributed by atoms with Gasteiger partial charge in [0.05, 0.1) is 5.25 Å². The maximum Gasteiger partial charge on any atom is 0.0569 e. The smallest absolute Gasteiger partial charge is 0.0569 e. The van der Waals surface area contributed by atoms with E-state index in [1.54, 1.807) is 0 Å². The molecule has 2 fully saturated rings. The van der Waals surface area contributed by atoms with Crippen molar-refractivity contribution in [2.75, 3.05) is 18.8 Å². The van der Waals surface area contributed by atoms with Crippen LogP contribution in [0.4, 0.5) is 0 Å². The van der Waals surface area contributed by atoms with Crippen molar-refractivity contribution in [2.45, 2.75) is 53.2 Å². The number of hydrogen-bond acceptors (Lipinski definition) is 3. The average molecular weight is 416 g/mol. The van der Waals surface area contributed by atoms with Crippen molar-refractivity contribution in [2.24, 2.45) is 5.92 Å². The molecule has 3 atom stereocenters. The van der Waals surface area contributed by atoms with Crippen molar-refractivity contribution in [1.29, 1.82) is 0 Å². The first kappa shape index (κ1) is 18.4. The van der Waals surface area contributed by atoms with Crippen molar-refractivity contribution >= 4 is 35.1 Å². The molecule has 5 rings (SSSR count). The molecule has 0 radical (unpaired) electrons. The van der Waals surface area contributed by atoms with Crippen molar-refractivity contribution in [3.8, 4) is 0 Å². The summed E-state index contributed by atoms with van der Waals surface area (Å²) < 4.78 is 0. The van der Waals surface area contributed by atoms with Crippen molar-refractivity contribution in [3.05, 3.63) is 58.6 Å². The first-order valence-electron chi connectivity index (χ1n) is 10.2. The third kappa shape index (κ3) is 3.69. The van der Waals surface area contributed by atoms with E-state index in [9.17, 15) is 0 Å². The fraction of sp³-hybridized carbons (Fsp3) is 0.478. The van der Waals surface area contributed by atoms with Gasteiger partial charge in [-0.1, -0.05) is 48.0 Å². The minimum atomic E-state index is 0.412. The van der Waals surface area contributed by atoms with Gasteiger partial charge in [0.15, 0.2) is 0 Å². The van der Waals surface area contributed by atoms with Crippen molar-refractivity contribution in [1.82, 2.24) is 4.90 Å². The molecule has 3 aliphatic rings. The number of fused-ring (bicyclic) bond motifs is 3. The SMILES string of the molecule is Clc1ccc2c(c1)C(SC[C@@H]1CCCN3CCCC[C@H]13)c1ccccc1S2. The molecule has 0 aromatic heterocycles. The van der Waals surface area contributed by atoms with Crippen LogP contribution in [0.15, 0.2) is 52.3 Å². The summed E-state index contributed by atoms with van der Waals surface area (Å²) in [6.45, 7) is 2.65.